The molecule has 0 spiro atoms. The summed E-state index contributed by atoms with van der Waals surface area (Å²) in [6.45, 7) is 0.845. The highest BCUT2D eigenvalue weighted by atomic mass is 19.1. The van der Waals surface area contributed by atoms with Gasteiger partial charge in [0.05, 0.1) is 35.8 Å². The molecule has 29 heavy (non-hydrogen) atoms. The normalized spacial score (nSPS) is 16.1. The predicted octanol–water partition coefficient (Wildman–Crippen LogP) is 2.13. The Kier molecular flexibility index (Phi) is 5.15. The summed E-state index contributed by atoms with van der Waals surface area (Å²) in [5, 5.41) is 11.5. The lowest BCUT2D eigenvalue weighted by Gasteiger charge is -2.38. The van der Waals surface area contributed by atoms with Crippen molar-refractivity contribution < 1.29 is 14.3 Å². The van der Waals surface area contributed by atoms with Gasteiger partial charge in [-0.05, 0) is 36.6 Å². The smallest absolute Gasteiger partial charge is 0.261 e. The third kappa shape index (κ3) is 4.05. The Balaban J connectivity index is 1.42. The maximum absolute atomic E-state index is 13.8. The monoisotopic (exact) mass is 395 g/mol. The van der Waals surface area contributed by atoms with Gasteiger partial charge in [-0.3, -0.25) is 14.2 Å². The number of rotatable bonds is 4. The van der Waals surface area contributed by atoms with Crippen molar-refractivity contribution in [3.05, 3.63) is 76.6 Å². The van der Waals surface area contributed by atoms with Crippen molar-refractivity contribution in [3.63, 3.8) is 0 Å². The number of benzene rings is 2. The number of hydrogen-bond acceptors (Lipinski definition) is 4. The van der Waals surface area contributed by atoms with Gasteiger partial charge in [0.15, 0.2) is 0 Å². The summed E-state index contributed by atoms with van der Waals surface area (Å²) >= 11 is 0. The number of para-hydroxylation sites is 1. The van der Waals surface area contributed by atoms with Gasteiger partial charge in [-0.25, -0.2) is 9.37 Å². The van der Waals surface area contributed by atoms with Crippen LogP contribution in [0.25, 0.3) is 10.9 Å². The van der Waals surface area contributed by atoms with Crippen molar-refractivity contribution in [2.75, 3.05) is 13.1 Å². The van der Waals surface area contributed by atoms with Gasteiger partial charge >= 0.3 is 0 Å². The summed E-state index contributed by atoms with van der Waals surface area (Å²) < 4.78 is 15.2. The van der Waals surface area contributed by atoms with Crippen molar-refractivity contribution >= 4 is 16.8 Å². The number of likely N-dealkylation sites (tertiary alicyclic amines) is 1. The van der Waals surface area contributed by atoms with Crippen LogP contribution in [0.3, 0.4) is 0 Å². The minimum atomic E-state index is -1.09. The van der Waals surface area contributed by atoms with Crippen LogP contribution in [0.5, 0.6) is 0 Å². The van der Waals surface area contributed by atoms with Crippen LogP contribution in [0, 0.1) is 5.82 Å². The molecule has 7 heteroatoms. The van der Waals surface area contributed by atoms with Crippen LogP contribution < -0.4 is 5.56 Å². The molecule has 1 fully saturated rings. The summed E-state index contributed by atoms with van der Waals surface area (Å²) in [5.41, 5.74) is -0.300. The number of nitrogens with zero attached hydrogens (tertiary/aromatic N) is 3. The molecule has 0 bridgehead atoms. The number of piperidine rings is 1. The second-order valence-electron chi connectivity index (χ2n) is 7.57. The molecule has 0 unspecified atom stereocenters. The zero-order chi connectivity index (χ0) is 20.4. The second kappa shape index (κ2) is 7.75. The SMILES string of the molecule is O=C(Cc1ccccc1F)N1CCC(O)(Cn2cnc3ccccc3c2=O)CC1. The Hall–Kier alpha value is -3.06. The number of amides is 1. The lowest BCUT2D eigenvalue weighted by Crippen LogP contribution is -2.50. The molecule has 0 aliphatic carbocycles. The number of aliphatic hydroxyl groups is 1. The molecule has 3 aromatic rings. The largest absolute Gasteiger partial charge is 0.388 e. The summed E-state index contributed by atoms with van der Waals surface area (Å²) in [6.07, 6.45) is 2.14. The fourth-order valence-electron chi connectivity index (χ4n) is 3.78. The van der Waals surface area contributed by atoms with Crippen LogP contribution in [0.15, 0.2) is 59.7 Å². The zero-order valence-corrected chi connectivity index (χ0v) is 15.9. The first kappa shape index (κ1) is 19.3. The van der Waals surface area contributed by atoms with Crippen LogP contribution in [0.1, 0.15) is 18.4 Å². The van der Waals surface area contributed by atoms with Crippen molar-refractivity contribution in [2.24, 2.45) is 0 Å². The molecule has 1 aliphatic heterocycles. The predicted molar refractivity (Wildman–Crippen MR) is 107 cm³/mol. The number of carbonyl (C=O) groups is 1. The quantitative estimate of drug-likeness (QED) is 0.734. The van der Waals surface area contributed by atoms with E-state index in [1.54, 1.807) is 41.3 Å². The first-order valence-corrected chi connectivity index (χ1v) is 9.63. The minimum absolute atomic E-state index is 0.000839. The molecule has 2 heterocycles. The first-order valence-electron chi connectivity index (χ1n) is 9.63. The molecule has 2 aromatic carbocycles. The fraction of sp³-hybridized carbons (Fsp3) is 0.318. The number of halogens is 1. The van der Waals surface area contributed by atoms with E-state index in [1.165, 1.54) is 17.0 Å². The molecule has 1 amide bonds. The Labute approximate surface area is 167 Å². The third-order valence-corrected chi connectivity index (χ3v) is 5.54. The number of carbonyl (C=O) groups excluding carboxylic acids is 1. The Bertz CT molecular complexity index is 1100. The average molecular weight is 395 g/mol. The van der Waals surface area contributed by atoms with Gasteiger partial charge in [-0.1, -0.05) is 30.3 Å². The molecular formula is C22H22FN3O3. The van der Waals surface area contributed by atoms with Gasteiger partial charge in [-0.2, -0.15) is 0 Å². The fourth-order valence-corrected chi connectivity index (χ4v) is 3.78. The average Bonchev–Trinajstić information content (AvgIpc) is 2.72. The van der Waals surface area contributed by atoms with Crippen molar-refractivity contribution in [1.29, 1.82) is 0 Å². The van der Waals surface area contributed by atoms with Crippen LogP contribution in [0.2, 0.25) is 0 Å². The van der Waals surface area contributed by atoms with Crippen molar-refractivity contribution in [1.82, 2.24) is 14.5 Å². The van der Waals surface area contributed by atoms with Gasteiger partial charge < -0.3 is 10.0 Å². The zero-order valence-electron chi connectivity index (χ0n) is 15.9. The van der Waals surface area contributed by atoms with Crippen LogP contribution in [-0.4, -0.2) is 44.2 Å². The molecule has 0 saturated carbocycles. The van der Waals surface area contributed by atoms with Crippen molar-refractivity contribution in [3.8, 4) is 0 Å². The van der Waals surface area contributed by atoms with E-state index in [1.807, 2.05) is 6.07 Å². The summed E-state index contributed by atoms with van der Waals surface area (Å²) in [5.74, 6) is -0.556. The van der Waals surface area contributed by atoms with Gasteiger partial charge in [0, 0.05) is 13.1 Å². The molecule has 6 nitrogen and oxygen atoms in total. The first-order chi connectivity index (χ1) is 14.0. The second-order valence-corrected chi connectivity index (χ2v) is 7.57. The molecule has 150 valence electrons. The van der Waals surface area contributed by atoms with Crippen LogP contribution in [-0.2, 0) is 17.8 Å². The topological polar surface area (TPSA) is 75.4 Å². The Morgan fingerprint density at radius 3 is 2.55 bits per heavy atom. The van der Waals surface area contributed by atoms with E-state index < -0.39 is 11.4 Å². The number of aromatic nitrogens is 2. The standard InChI is InChI=1S/C22H22FN3O3/c23-18-7-3-1-5-16(18)13-20(27)25-11-9-22(29,10-12-25)14-26-15-24-19-8-4-2-6-17(19)21(26)28/h1-8,15,29H,9-14H2. The van der Waals surface area contributed by atoms with Gasteiger partial charge in [0.1, 0.15) is 5.82 Å². The van der Waals surface area contributed by atoms with Crippen molar-refractivity contribution in [2.45, 2.75) is 31.4 Å². The summed E-state index contributed by atoms with van der Waals surface area (Å²) in [4.78, 5) is 31.1. The third-order valence-electron chi connectivity index (χ3n) is 5.54. The highest BCUT2D eigenvalue weighted by Crippen LogP contribution is 2.24. The molecule has 0 radical (unpaired) electrons. The molecule has 1 aliphatic rings. The van der Waals surface area contributed by atoms with E-state index in [-0.39, 0.29) is 24.4 Å². The van der Waals surface area contributed by atoms with E-state index in [4.69, 9.17) is 0 Å². The maximum Gasteiger partial charge on any atom is 0.261 e. The summed E-state index contributed by atoms with van der Waals surface area (Å²) in [6, 6.07) is 13.3. The number of fused-ring (bicyclic) bond motifs is 1. The van der Waals surface area contributed by atoms with Gasteiger partial charge in [0.25, 0.3) is 5.56 Å². The maximum atomic E-state index is 13.8. The minimum Gasteiger partial charge on any atom is -0.388 e. The lowest BCUT2D eigenvalue weighted by molar-refractivity contribution is -0.135. The highest BCUT2D eigenvalue weighted by Gasteiger charge is 2.34. The van der Waals surface area contributed by atoms with Crippen LogP contribution in [0.4, 0.5) is 4.39 Å². The van der Waals surface area contributed by atoms with E-state index in [9.17, 15) is 19.1 Å². The number of hydrogen-bond donors (Lipinski definition) is 1. The molecule has 1 saturated heterocycles. The molecule has 0 atom stereocenters. The lowest BCUT2D eigenvalue weighted by atomic mass is 9.91. The Morgan fingerprint density at radius 2 is 1.79 bits per heavy atom. The Morgan fingerprint density at radius 1 is 1.10 bits per heavy atom. The van der Waals surface area contributed by atoms with E-state index in [0.29, 0.717) is 42.4 Å². The van der Waals surface area contributed by atoms with Gasteiger partial charge in [-0.15, -0.1) is 0 Å². The molecule has 4 rings (SSSR count). The van der Waals surface area contributed by atoms with Crippen LogP contribution >= 0.6 is 0 Å². The molecule has 1 N–H and O–H groups in total. The van der Waals surface area contributed by atoms with E-state index in [0.717, 1.165) is 0 Å². The summed E-state index contributed by atoms with van der Waals surface area (Å²) in [7, 11) is 0. The van der Waals surface area contributed by atoms with E-state index >= 15 is 0 Å². The molecular weight excluding hydrogens is 373 g/mol. The van der Waals surface area contributed by atoms with Gasteiger partial charge in [0.2, 0.25) is 5.91 Å². The molecule has 1 aromatic heterocycles. The van der Waals surface area contributed by atoms with E-state index in [2.05, 4.69) is 4.98 Å². The highest BCUT2D eigenvalue weighted by molar-refractivity contribution is 5.79.